The maximum absolute atomic E-state index is 12.7. The second-order valence-electron chi connectivity index (χ2n) is 8.09. The van der Waals surface area contributed by atoms with Crippen molar-refractivity contribution in [2.75, 3.05) is 11.9 Å². The molecule has 2 N–H and O–H groups in total. The lowest BCUT2D eigenvalue weighted by molar-refractivity contribution is 0.0814. The molecule has 1 amide bonds. The van der Waals surface area contributed by atoms with E-state index in [-0.39, 0.29) is 17.6 Å². The third-order valence-corrected chi connectivity index (χ3v) is 4.72. The van der Waals surface area contributed by atoms with Crippen LogP contribution in [0.3, 0.4) is 0 Å². The Morgan fingerprint density at radius 1 is 1.38 bits per heavy atom. The van der Waals surface area contributed by atoms with Gasteiger partial charge in [-0.3, -0.25) is 14.2 Å². The summed E-state index contributed by atoms with van der Waals surface area (Å²) in [4.78, 5) is 12.7. The predicted octanol–water partition coefficient (Wildman–Crippen LogP) is 2.24. The number of nitrogens with one attached hydrogen (secondary N) is 1. The van der Waals surface area contributed by atoms with Crippen LogP contribution in [-0.2, 0) is 10.3 Å². The molecule has 2 atom stereocenters. The van der Waals surface area contributed by atoms with E-state index in [1.54, 1.807) is 16.9 Å². The number of anilines is 1. The summed E-state index contributed by atoms with van der Waals surface area (Å²) in [5.74, 6) is 0.264. The molecule has 1 aliphatic heterocycles. The van der Waals surface area contributed by atoms with Gasteiger partial charge in [0.25, 0.3) is 5.91 Å². The van der Waals surface area contributed by atoms with Gasteiger partial charge in [-0.2, -0.15) is 10.2 Å². The molecule has 2 aromatic heterocycles. The molecular formula is C18H25N5O3. The van der Waals surface area contributed by atoms with E-state index in [0.29, 0.717) is 30.6 Å². The fourth-order valence-corrected chi connectivity index (χ4v) is 3.32. The summed E-state index contributed by atoms with van der Waals surface area (Å²) >= 11 is 0. The third kappa shape index (κ3) is 3.26. The van der Waals surface area contributed by atoms with Crippen LogP contribution in [0.25, 0.3) is 0 Å². The lowest BCUT2D eigenvalue weighted by Crippen LogP contribution is -2.26. The Morgan fingerprint density at radius 2 is 2.15 bits per heavy atom. The molecule has 1 saturated heterocycles. The first kappa shape index (κ1) is 17.2. The minimum atomic E-state index is -0.464. The average molecular weight is 359 g/mol. The number of nitrogens with zero attached hydrogens (tertiary/aromatic N) is 4. The molecule has 0 unspecified atom stereocenters. The Morgan fingerprint density at radius 3 is 2.77 bits per heavy atom. The molecule has 3 heterocycles. The zero-order valence-corrected chi connectivity index (χ0v) is 15.3. The van der Waals surface area contributed by atoms with Gasteiger partial charge in [0, 0.05) is 18.7 Å². The Kier molecular flexibility index (Phi) is 4.11. The molecule has 8 heteroatoms. The number of hydrogen-bond acceptors (Lipinski definition) is 5. The van der Waals surface area contributed by atoms with E-state index in [2.05, 4.69) is 15.5 Å². The summed E-state index contributed by atoms with van der Waals surface area (Å²) < 4.78 is 9.35. The summed E-state index contributed by atoms with van der Waals surface area (Å²) in [5, 5.41) is 21.5. The average Bonchev–Trinajstić information content (AvgIpc) is 2.99. The molecule has 1 aliphatic carbocycles. The van der Waals surface area contributed by atoms with Gasteiger partial charge in [0.05, 0.1) is 30.0 Å². The van der Waals surface area contributed by atoms with Gasteiger partial charge in [-0.25, -0.2) is 0 Å². The maximum Gasteiger partial charge on any atom is 0.275 e. The largest absolute Gasteiger partial charge is 0.391 e. The molecule has 140 valence electrons. The summed E-state index contributed by atoms with van der Waals surface area (Å²) in [6.45, 7) is 6.45. The van der Waals surface area contributed by atoms with Gasteiger partial charge in [-0.05, 0) is 39.7 Å². The van der Waals surface area contributed by atoms with Gasteiger partial charge in [0.1, 0.15) is 11.8 Å². The summed E-state index contributed by atoms with van der Waals surface area (Å²) in [7, 11) is 0. The van der Waals surface area contributed by atoms with Crippen LogP contribution in [0.1, 0.15) is 68.4 Å². The van der Waals surface area contributed by atoms with E-state index in [0.717, 1.165) is 18.5 Å². The Labute approximate surface area is 152 Å². The summed E-state index contributed by atoms with van der Waals surface area (Å²) in [6, 6.07) is 3.90. The molecule has 2 aliphatic rings. The third-order valence-electron chi connectivity index (χ3n) is 4.72. The van der Waals surface area contributed by atoms with Crippen LogP contribution < -0.4 is 5.32 Å². The van der Waals surface area contributed by atoms with Crippen LogP contribution in [-0.4, -0.2) is 43.3 Å². The topological polar surface area (TPSA) is 94.2 Å². The van der Waals surface area contributed by atoms with Crippen LogP contribution in [0.4, 0.5) is 5.82 Å². The highest BCUT2D eigenvalue weighted by Crippen LogP contribution is 2.36. The fourth-order valence-electron chi connectivity index (χ4n) is 3.32. The van der Waals surface area contributed by atoms with Crippen molar-refractivity contribution in [1.82, 2.24) is 19.6 Å². The first-order valence-electron chi connectivity index (χ1n) is 9.08. The number of aliphatic hydroxyl groups excluding tert-OH is 1. The minimum absolute atomic E-state index is 0.216. The zero-order valence-electron chi connectivity index (χ0n) is 15.3. The standard InChI is InChI=1S/C18H25N5O3/c1-18(2,3)23-14(15-8-12(24)10-26-15)9-16(21-23)20-17(25)13-6-7-19-22(13)11-4-5-11/h6-7,9,11-12,15,24H,4-5,8,10H2,1-3H3,(H,20,21,25)/t12-,15-/m1/s1. The number of carbonyl (C=O) groups excluding carboxylic acids is 1. The number of carbonyl (C=O) groups is 1. The summed E-state index contributed by atoms with van der Waals surface area (Å²) in [6.07, 6.45) is 3.62. The van der Waals surface area contributed by atoms with Gasteiger partial charge in [0.2, 0.25) is 0 Å². The van der Waals surface area contributed by atoms with Gasteiger partial charge < -0.3 is 15.2 Å². The second-order valence-corrected chi connectivity index (χ2v) is 8.09. The van der Waals surface area contributed by atoms with Crippen molar-refractivity contribution in [3.05, 3.63) is 29.7 Å². The van der Waals surface area contributed by atoms with Crippen LogP contribution >= 0.6 is 0 Å². The number of hydrogen-bond donors (Lipinski definition) is 2. The summed E-state index contributed by atoms with van der Waals surface area (Å²) in [5.41, 5.74) is 1.14. The minimum Gasteiger partial charge on any atom is -0.391 e. The van der Waals surface area contributed by atoms with Crippen molar-refractivity contribution in [1.29, 1.82) is 0 Å². The molecule has 0 aromatic carbocycles. The van der Waals surface area contributed by atoms with E-state index in [1.165, 1.54) is 0 Å². The highest BCUT2D eigenvalue weighted by atomic mass is 16.5. The number of amides is 1. The first-order chi connectivity index (χ1) is 12.3. The van der Waals surface area contributed by atoms with Gasteiger partial charge in [-0.1, -0.05) is 0 Å². The molecule has 2 aromatic rings. The Hall–Kier alpha value is -2.19. The second kappa shape index (κ2) is 6.21. The molecule has 1 saturated carbocycles. The van der Waals surface area contributed by atoms with Crippen LogP contribution in [0.5, 0.6) is 0 Å². The molecule has 0 bridgehead atoms. The monoisotopic (exact) mass is 359 g/mol. The Balaban J connectivity index is 1.59. The van der Waals surface area contributed by atoms with Crippen molar-refractivity contribution >= 4 is 11.7 Å². The highest BCUT2D eigenvalue weighted by molar-refractivity contribution is 6.02. The molecule has 4 rings (SSSR count). The number of aliphatic hydroxyl groups is 1. The maximum atomic E-state index is 12.7. The normalized spacial score (nSPS) is 23.4. The van der Waals surface area contributed by atoms with Gasteiger partial charge in [-0.15, -0.1) is 0 Å². The first-order valence-corrected chi connectivity index (χ1v) is 9.08. The molecule has 8 nitrogen and oxygen atoms in total. The fraction of sp³-hybridized carbons (Fsp3) is 0.611. The van der Waals surface area contributed by atoms with Gasteiger partial charge >= 0.3 is 0 Å². The van der Waals surface area contributed by atoms with E-state index in [4.69, 9.17) is 4.74 Å². The zero-order chi connectivity index (χ0) is 18.5. The van der Waals surface area contributed by atoms with Crippen LogP contribution in [0, 0.1) is 0 Å². The van der Waals surface area contributed by atoms with Crippen LogP contribution in [0.2, 0.25) is 0 Å². The van der Waals surface area contributed by atoms with E-state index < -0.39 is 6.10 Å². The Bertz CT molecular complexity index is 815. The lowest BCUT2D eigenvalue weighted by Gasteiger charge is -2.24. The van der Waals surface area contributed by atoms with Gasteiger partial charge in [0.15, 0.2) is 5.82 Å². The number of aromatic nitrogens is 4. The van der Waals surface area contributed by atoms with Crippen molar-refractivity contribution < 1.29 is 14.6 Å². The smallest absolute Gasteiger partial charge is 0.275 e. The molecule has 0 radical (unpaired) electrons. The van der Waals surface area contributed by atoms with E-state index in [1.807, 2.05) is 31.5 Å². The number of rotatable bonds is 4. The SMILES string of the molecule is CC(C)(C)n1nc(NC(=O)c2ccnn2C2CC2)cc1[C@H]1C[C@@H](O)CO1. The van der Waals surface area contributed by atoms with Crippen LogP contribution in [0.15, 0.2) is 18.3 Å². The van der Waals surface area contributed by atoms with Crippen molar-refractivity contribution in [3.8, 4) is 0 Å². The highest BCUT2D eigenvalue weighted by Gasteiger charge is 2.32. The molecule has 0 spiro atoms. The molecule has 2 fully saturated rings. The van der Waals surface area contributed by atoms with E-state index >= 15 is 0 Å². The molecular weight excluding hydrogens is 334 g/mol. The van der Waals surface area contributed by atoms with Crippen molar-refractivity contribution in [2.24, 2.45) is 0 Å². The predicted molar refractivity (Wildman–Crippen MR) is 95.0 cm³/mol. The van der Waals surface area contributed by atoms with E-state index in [9.17, 15) is 9.90 Å². The van der Waals surface area contributed by atoms with Crippen molar-refractivity contribution in [2.45, 2.75) is 63.8 Å². The van der Waals surface area contributed by atoms with Crippen molar-refractivity contribution in [3.63, 3.8) is 0 Å². The quantitative estimate of drug-likeness (QED) is 0.873. The lowest BCUT2D eigenvalue weighted by atomic mass is 10.1. The number of ether oxygens (including phenoxy) is 1. The molecule has 26 heavy (non-hydrogen) atoms.